The SMILES string of the molecule is Cl.Cl.O=C(CCC1CCN(Cc2ccc(Cl)c(Cl)c2)CC1)c1ccc2c(c1)CN(Cc1ccccc1)CCC2. The molecule has 0 atom stereocenters. The molecular formula is C32H38Cl4N2O. The summed E-state index contributed by atoms with van der Waals surface area (Å²) in [7, 11) is 0. The van der Waals surface area contributed by atoms with Crippen LogP contribution in [0.5, 0.6) is 0 Å². The molecule has 0 amide bonds. The van der Waals surface area contributed by atoms with Gasteiger partial charge in [0.15, 0.2) is 5.78 Å². The largest absolute Gasteiger partial charge is 0.299 e. The number of hydrogen-bond donors (Lipinski definition) is 0. The third kappa shape index (κ3) is 8.95. The van der Waals surface area contributed by atoms with Crippen molar-refractivity contribution < 1.29 is 4.79 Å². The van der Waals surface area contributed by atoms with Crippen LogP contribution in [0.25, 0.3) is 0 Å². The summed E-state index contributed by atoms with van der Waals surface area (Å²) in [5.41, 5.74) is 6.17. The zero-order valence-corrected chi connectivity index (χ0v) is 25.4. The second-order valence-electron chi connectivity index (χ2n) is 10.7. The summed E-state index contributed by atoms with van der Waals surface area (Å²) < 4.78 is 0. The molecule has 39 heavy (non-hydrogen) atoms. The Kier molecular flexibility index (Phi) is 12.6. The minimum atomic E-state index is 0. The first-order valence-electron chi connectivity index (χ1n) is 13.6. The molecule has 2 heterocycles. The lowest BCUT2D eigenvalue weighted by atomic mass is 9.89. The van der Waals surface area contributed by atoms with E-state index >= 15 is 0 Å². The fourth-order valence-electron chi connectivity index (χ4n) is 5.79. The number of carbonyl (C=O) groups is 1. The molecule has 1 fully saturated rings. The Bertz CT molecular complexity index is 1210. The Labute approximate surface area is 255 Å². The summed E-state index contributed by atoms with van der Waals surface area (Å²) >= 11 is 12.2. The van der Waals surface area contributed by atoms with Crippen LogP contribution in [-0.2, 0) is 26.1 Å². The number of halogens is 4. The maximum Gasteiger partial charge on any atom is 0.162 e. The molecule has 2 aliphatic heterocycles. The van der Waals surface area contributed by atoms with E-state index < -0.39 is 0 Å². The standard InChI is InChI=1S/C32H36Cl2N2O.2ClH/c33-30-12-8-26(19-31(30)34)22-35-17-14-24(15-18-35)9-13-32(37)28-11-10-27-7-4-16-36(23-29(27)20-28)21-25-5-2-1-3-6-25;;/h1-3,5-6,8,10-12,19-20,24H,4,7,9,13-18,21-23H2;2*1H. The Balaban J connectivity index is 0.00000210. The highest BCUT2D eigenvalue weighted by atomic mass is 35.5. The predicted octanol–water partition coefficient (Wildman–Crippen LogP) is 8.66. The molecule has 210 valence electrons. The molecule has 7 heteroatoms. The van der Waals surface area contributed by atoms with Crippen LogP contribution in [0.4, 0.5) is 0 Å². The van der Waals surface area contributed by atoms with Crippen molar-refractivity contribution in [2.75, 3.05) is 19.6 Å². The fourth-order valence-corrected chi connectivity index (χ4v) is 6.11. The molecule has 3 aromatic carbocycles. The summed E-state index contributed by atoms with van der Waals surface area (Å²) in [6.07, 6.45) is 6.17. The van der Waals surface area contributed by atoms with Crippen LogP contribution in [0, 0.1) is 5.92 Å². The molecule has 0 bridgehead atoms. The second kappa shape index (κ2) is 15.4. The smallest absolute Gasteiger partial charge is 0.162 e. The maximum atomic E-state index is 13.1. The van der Waals surface area contributed by atoms with E-state index in [1.807, 2.05) is 12.1 Å². The Morgan fingerprint density at radius 1 is 0.769 bits per heavy atom. The zero-order valence-electron chi connectivity index (χ0n) is 22.3. The van der Waals surface area contributed by atoms with Crippen LogP contribution < -0.4 is 0 Å². The van der Waals surface area contributed by atoms with E-state index in [1.165, 1.54) is 22.3 Å². The van der Waals surface area contributed by atoms with E-state index in [4.69, 9.17) is 23.2 Å². The van der Waals surface area contributed by atoms with E-state index in [-0.39, 0.29) is 24.8 Å². The molecule has 0 aromatic heterocycles. The molecule has 0 spiro atoms. The van der Waals surface area contributed by atoms with Crippen molar-refractivity contribution in [3.05, 3.63) is 105 Å². The Morgan fingerprint density at radius 2 is 1.51 bits per heavy atom. The number of likely N-dealkylation sites (tertiary alicyclic amines) is 1. The number of rotatable bonds is 8. The van der Waals surface area contributed by atoms with Crippen LogP contribution in [0.1, 0.15) is 64.7 Å². The first-order valence-corrected chi connectivity index (χ1v) is 14.4. The monoisotopic (exact) mass is 606 g/mol. The number of ketones is 1. The van der Waals surface area contributed by atoms with Crippen molar-refractivity contribution in [3.8, 4) is 0 Å². The van der Waals surface area contributed by atoms with E-state index in [9.17, 15) is 4.79 Å². The summed E-state index contributed by atoms with van der Waals surface area (Å²) in [6.45, 7) is 6.00. The highest BCUT2D eigenvalue weighted by Gasteiger charge is 2.21. The lowest BCUT2D eigenvalue weighted by molar-refractivity contribution is 0.0961. The van der Waals surface area contributed by atoms with Crippen molar-refractivity contribution in [3.63, 3.8) is 0 Å². The highest BCUT2D eigenvalue weighted by Crippen LogP contribution is 2.27. The summed E-state index contributed by atoms with van der Waals surface area (Å²) in [6, 6.07) is 23.0. The van der Waals surface area contributed by atoms with Gasteiger partial charge in [0.2, 0.25) is 0 Å². The lowest BCUT2D eigenvalue weighted by Gasteiger charge is -2.32. The van der Waals surface area contributed by atoms with Gasteiger partial charge < -0.3 is 0 Å². The molecule has 0 N–H and O–H groups in total. The van der Waals surface area contributed by atoms with Gasteiger partial charge in [0, 0.05) is 31.6 Å². The Hall–Kier alpha value is -1.59. The van der Waals surface area contributed by atoms with Crippen molar-refractivity contribution in [2.24, 2.45) is 5.92 Å². The average molecular weight is 608 g/mol. The number of fused-ring (bicyclic) bond motifs is 1. The van der Waals surface area contributed by atoms with Gasteiger partial charge in [0.1, 0.15) is 0 Å². The highest BCUT2D eigenvalue weighted by molar-refractivity contribution is 6.42. The summed E-state index contributed by atoms with van der Waals surface area (Å²) in [5, 5.41) is 1.22. The van der Waals surface area contributed by atoms with Crippen molar-refractivity contribution >= 4 is 53.8 Å². The number of Topliss-reactive ketones (excluding diaryl/α,β-unsaturated/α-hetero) is 1. The first-order chi connectivity index (χ1) is 18.0. The average Bonchev–Trinajstić information content (AvgIpc) is 3.12. The van der Waals surface area contributed by atoms with Crippen LogP contribution >= 0.6 is 48.0 Å². The number of carbonyl (C=O) groups excluding carboxylic acids is 1. The van der Waals surface area contributed by atoms with E-state index in [0.29, 0.717) is 28.2 Å². The van der Waals surface area contributed by atoms with Crippen LogP contribution in [0.2, 0.25) is 10.0 Å². The van der Waals surface area contributed by atoms with Crippen molar-refractivity contribution in [1.29, 1.82) is 0 Å². The predicted molar refractivity (Wildman–Crippen MR) is 168 cm³/mol. The zero-order chi connectivity index (χ0) is 25.6. The second-order valence-corrected chi connectivity index (χ2v) is 11.5. The number of piperidine rings is 1. The van der Waals surface area contributed by atoms with Crippen molar-refractivity contribution in [2.45, 2.75) is 58.2 Å². The van der Waals surface area contributed by atoms with Gasteiger partial charge in [0.05, 0.1) is 10.0 Å². The molecule has 0 radical (unpaired) electrons. The van der Waals surface area contributed by atoms with Crippen LogP contribution in [0.3, 0.4) is 0 Å². The van der Waals surface area contributed by atoms with Crippen LogP contribution in [0.15, 0.2) is 66.7 Å². The summed E-state index contributed by atoms with van der Waals surface area (Å²) in [4.78, 5) is 18.1. The quantitative estimate of drug-likeness (QED) is 0.239. The topological polar surface area (TPSA) is 23.6 Å². The van der Waals surface area contributed by atoms with Gasteiger partial charge >= 0.3 is 0 Å². The maximum absolute atomic E-state index is 13.1. The molecule has 2 aliphatic rings. The Morgan fingerprint density at radius 3 is 2.26 bits per heavy atom. The van der Waals surface area contributed by atoms with Gasteiger partial charge in [-0.3, -0.25) is 14.6 Å². The third-order valence-corrected chi connectivity index (χ3v) is 8.71. The van der Waals surface area contributed by atoms with Crippen molar-refractivity contribution in [1.82, 2.24) is 9.80 Å². The first kappa shape index (κ1) is 31.9. The molecule has 3 aromatic rings. The van der Waals surface area contributed by atoms with Gasteiger partial charge in [-0.15, -0.1) is 24.8 Å². The molecule has 0 unspecified atom stereocenters. The molecular weight excluding hydrogens is 570 g/mol. The minimum absolute atomic E-state index is 0. The van der Waals surface area contributed by atoms with Gasteiger partial charge in [-0.25, -0.2) is 0 Å². The van der Waals surface area contributed by atoms with Gasteiger partial charge in [-0.2, -0.15) is 0 Å². The molecule has 5 rings (SSSR count). The third-order valence-electron chi connectivity index (χ3n) is 7.97. The number of aryl methyl sites for hydroxylation is 1. The van der Waals surface area contributed by atoms with Gasteiger partial charge in [-0.1, -0.05) is 71.7 Å². The van der Waals surface area contributed by atoms with E-state index in [0.717, 1.165) is 76.9 Å². The normalized spacial score (nSPS) is 16.5. The lowest BCUT2D eigenvalue weighted by Crippen LogP contribution is -2.33. The number of hydrogen-bond acceptors (Lipinski definition) is 3. The number of nitrogens with zero attached hydrogens (tertiary/aromatic N) is 2. The number of benzene rings is 3. The molecule has 0 aliphatic carbocycles. The fraction of sp³-hybridized carbons (Fsp3) is 0.406. The molecule has 1 saturated heterocycles. The van der Waals surface area contributed by atoms with E-state index in [1.54, 1.807) is 0 Å². The minimum Gasteiger partial charge on any atom is -0.299 e. The van der Waals surface area contributed by atoms with Gasteiger partial charge in [-0.05, 0) is 98.1 Å². The van der Waals surface area contributed by atoms with E-state index in [2.05, 4.69) is 64.4 Å². The summed E-state index contributed by atoms with van der Waals surface area (Å²) in [5.74, 6) is 0.913. The molecule has 0 saturated carbocycles. The van der Waals surface area contributed by atoms with Crippen LogP contribution in [-0.4, -0.2) is 35.2 Å². The van der Waals surface area contributed by atoms with Gasteiger partial charge in [0.25, 0.3) is 0 Å². The molecule has 3 nitrogen and oxygen atoms in total.